The maximum absolute atomic E-state index is 14.2. The Kier molecular flexibility index (Phi) is 15.3. The Morgan fingerprint density at radius 1 is 0.825 bits per heavy atom. The zero-order valence-electron chi connectivity index (χ0n) is 32.4. The summed E-state index contributed by atoms with van der Waals surface area (Å²) in [6.07, 6.45) is 7.28. The van der Waals surface area contributed by atoms with Crippen LogP contribution in [0.15, 0.2) is 55.4 Å². The topological polar surface area (TPSA) is 269 Å². The largest absolute Gasteiger partial charge is 0.390 e. The first-order chi connectivity index (χ1) is 27.4. The van der Waals surface area contributed by atoms with Crippen molar-refractivity contribution in [2.75, 3.05) is 13.1 Å². The smallest absolute Gasteiger partial charge is 0.246 e. The summed E-state index contributed by atoms with van der Waals surface area (Å²) < 4.78 is 0. The van der Waals surface area contributed by atoms with Crippen LogP contribution in [0.4, 0.5) is 0 Å². The van der Waals surface area contributed by atoms with Gasteiger partial charge in [0.2, 0.25) is 35.4 Å². The molecule has 18 heteroatoms. The number of aromatic nitrogens is 4. The molecule has 6 amide bonds. The third-order valence-corrected chi connectivity index (χ3v) is 10.3. The van der Waals surface area contributed by atoms with E-state index in [0.29, 0.717) is 43.6 Å². The zero-order valence-corrected chi connectivity index (χ0v) is 32.4. The minimum absolute atomic E-state index is 0.00535. The number of hydrogen-bond acceptors (Lipinski definition) is 10. The average molecular weight is 790 g/mol. The Bertz CT molecular complexity index is 1780. The minimum atomic E-state index is -1.26. The Hall–Kier alpha value is -5.62. The predicted molar refractivity (Wildman–Crippen MR) is 207 cm³/mol. The number of likely N-dealkylation sites (tertiary alicyclic amines) is 1. The summed E-state index contributed by atoms with van der Waals surface area (Å²) >= 11 is 0. The number of aliphatic hydroxyl groups is 1. The zero-order chi connectivity index (χ0) is 40.9. The molecule has 1 aromatic carbocycles. The lowest BCUT2D eigenvalue weighted by molar-refractivity contribution is -0.142. The summed E-state index contributed by atoms with van der Waals surface area (Å²) in [5.74, 6) is -3.25. The van der Waals surface area contributed by atoms with E-state index in [1.165, 1.54) is 23.8 Å². The van der Waals surface area contributed by atoms with E-state index in [2.05, 4.69) is 46.5 Å². The van der Waals surface area contributed by atoms with Gasteiger partial charge in [-0.1, -0.05) is 44.2 Å². The number of nitrogens with zero attached hydrogens (tertiary/aromatic N) is 3. The van der Waals surface area contributed by atoms with Crippen molar-refractivity contribution in [3.8, 4) is 0 Å². The SMILES string of the molecule is CC(C)C[C@H](NC(=O)[C@H](Cc1cnc[nH]1)NC(=O)[C@H](Cc1ccccc1)NC(=O)[C@@H]1CCCN1C(=O)[C@H](Cc1cnc[nH]1)NC(=O)[C@@H]1CCCN1)[C@@H](O)CC(N)=O. The number of aliphatic hydroxyl groups excluding tert-OH is 1. The van der Waals surface area contributed by atoms with Crippen LogP contribution >= 0.6 is 0 Å². The molecular formula is C39H55N11O7. The molecule has 5 rings (SSSR count). The number of carbonyl (C=O) groups excluding carboxylic acids is 6. The minimum Gasteiger partial charge on any atom is -0.390 e. The van der Waals surface area contributed by atoms with Gasteiger partial charge < -0.3 is 52.3 Å². The molecule has 0 saturated carbocycles. The van der Waals surface area contributed by atoms with E-state index < -0.39 is 71.9 Å². The fourth-order valence-corrected chi connectivity index (χ4v) is 7.38. The number of nitrogens with two attached hydrogens (primary N) is 1. The van der Waals surface area contributed by atoms with Crippen molar-refractivity contribution >= 4 is 35.4 Å². The summed E-state index contributed by atoms with van der Waals surface area (Å²) in [6.45, 7) is 4.78. The van der Waals surface area contributed by atoms with Gasteiger partial charge >= 0.3 is 0 Å². The number of rotatable bonds is 20. The molecule has 2 fully saturated rings. The predicted octanol–water partition coefficient (Wildman–Crippen LogP) is -0.875. The Morgan fingerprint density at radius 3 is 2.05 bits per heavy atom. The second-order valence-electron chi connectivity index (χ2n) is 15.3. The first kappa shape index (κ1) is 42.5. The van der Waals surface area contributed by atoms with E-state index in [-0.39, 0.29) is 44.1 Å². The number of benzene rings is 1. The molecule has 2 saturated heterocycles. The lowest BCUT2D eigenvalue weighted by Gasteiger charge is -2.31. The number of nitrogens with one attached hydrogen (secondary N) is 7. The van der Waals surface area contributed by atoms with Gasteiger partial charge in [0.25, 0.3) is 0 Å². The van der Waals surface area contributed by atoms with Gasteiger partial charge in [0.1, 0.15) is 24.2 Å². The van der Waals surface area contributed by atoms with Crippen molar-refractivity contribution < 1.29 is 33.9 Å². The molecule has 0 unspecified atom stereocenters. The summed E-state index contributed by atoms with van der Waals surface area (Å²) in [5.41, 5.74) is 7.26. The molecule has 3 aromatic rings. The molecule has 7 atom stereocenters. The Balaban J connectivity index is 1.35. The lowest BCUT2D eigenvalue weighted by Crippen LogP contribution is -2.60. The molecule has 18 nitrogen and oxygen atoms in total. The van der Waals surface area contributed by atoms with Gasteiger partial charge in [0.05, 0.1) is 37.3 Å². The molecule has 2 aliphatic rings. The van der Waals surface area contributed by atoms with Crippen LogP contribution in [0.3, 0.4) is 0 Å². The number of amides is 6. The average Bonchev–Trinajstić information content (AvgIpc) is 4.02. The summed E-state index contributed by atoms with van der Waals surface area (Å²) in [4.78, 5) is 96.7. The summed E-state index contributed by atoms with van der Waals surface area (Å²) in [5, 5.41) is 25.3. The molecule has 4 heterocycles. The van der Waals surface area contributed by atoms with E-state index in [1.54, 1.807) is 18.3 Å². The van der Waals surface area contributed by atoms with Gasteiger partial charge in [-0.15, -0.1) is 0 Å². The van der Waals surface area contributed by atoms with Crippen LogP contribution in [0.2, 0.25) is 0 Å². The maximum atomic E-state index is 14.2. The van der Waals surface area contributed by atoms with Crippen molar-refractivity contribution in [2.24, 2.45) is 11.7 Å². The van der Waals surface area contributed by atoms with E-state index in [4.69, 9.17) is 5.73 Å². The third-order valence-electron chi connectivity index (χ3n) is 10.3. The number of aromatic amines is 2. The lowest BCUT2D eigenvalue weighted by atomic mass is 9.96. The molecule has 0 bridgehead atoms. The Morgan fingerprint density at radius 2 is 1.46 bits per heavy atom. The highest BCUT2D eigenvalue weighted by Crippen LogP contribution is 2.21. The van der Waals surface area contributed by atoms with Crippen LogP contribution in [0.25, 0.3) is 0 Å². The van der Waals surface area contributed by atoms with E-state index >= 15 is 0 Å². The van der Waals surface area contributed by atoms with Crippen LogP contribution in [-0.4, -0.2) is 121 Å². The molecule has 2 aliphatic heterocycles. The maximum Gasteiger partial charge on any atom is 0.246 e. The fraction of sp³-hybridized carbons (Fsp3) is 0.538. The molecule has 0 aliphatic carbocycles. The van der Waals surface area contributed by atoms with E-state index in [9.17, 15) is 33.9 Å². The van der Waals surface area contributed by atoms with Crippen LogP contribution in [-0.2, 0) is 48.0 Å². The van der Waals surface area contributed by atoms with Crippen LogP contribution < -0.4 is 32.3 Å². The van der Waals surface area contributed by atoms with Gasteiger partial charge in [-0.05, 0) is 50.1 Å². The molecule has 10 N–H and O–H groups in total. The number of carbonyl (C=O) groups is 6. The highest BCUT2D eigenvalue weighted by atomic mass is 16.3. The number of imidazole rings is 2. The molecule has 2 aromatic heterocycles. The Labute approximate surface area is 331 Å². The highest BCUT2D eigenvalue weighted by Gasteiger charge is 2.40. The van der Waals surface area contributed by atoms with Crippen molar-refractivity contribution in [3.05, 3.63) is 72.3 Å². The molecule has 0 radical (unpaired) electrons. The molecular weight excluding hydrogens is 734 g/mol. The number of H-pyrrole nitrogens is 2. The summed E-state index contributed by atoms with van der Waals surface area (Å²) in [6, 6.07) is 3.54. The van der Waals surface area contributed by atoms with Crippen molar-refractivity contribution in [1.29, 1.82) is 0 Å². The van der Waals surface area contributed by atoms with Gasteiger partial charge in [0, 0.05) is 49.6 Å². The second-order valence-corrected chi connectivity index (χ2v) is 15.3. The number of hydrogen-bond donors (Lipinski definition) is 9. The van der Waals surface area contributed by atoms with E-state index in [1.807, 2.05) is 32.0 Å². The van der Waals surface area contributed by atoms with Crippen LogP contribution in [0.1, 0.15) is 69.3 Å². The second kappa shape index (κ2) is 20.5. The first-order valence-electron chi connectivity index (χ1n) is 19.6. The third kappa shape index (κ3) is 12.4. The normalized spacial score (nSPS) is 19.3. The molecule has 308 valence electrons. The fourth-order valence-electron chi connectivity index (χ4n) is 7.38. The van der Waals surface area contributed by atoms with Gasteiger partial charge in [-0.3, -0.25) is 28.8 Å². The van der Waals surface area contributed by atoms with Gasteiger partial charge in [-0.25, -0.2) is 9.97 Å². The van der Waals surface area contributed by atoms with Crippen molar-refractivity contribution in [3.63, 3.8) is 0 Å². The van der Waals surface area contributed by atoms with Gasteiger partial charge in [0.15, 0.2) is 0 Å². The monoisotopic (exact) mass is 789 g/mol. The quantitative estimate of drug-likeness (QED) is 0.0683. The van der Waals surface area contributed by atoms with E-state index in [0.717, 1.165) is 12.0 Å². The highest BCUT2D eigenvalue weighted by molar-refractivity contribution is 5.96. The van der Waals surface area contributed by atoms with Crippen LogP contribution in [0.5, 0.6) is 0 Å². The van der Waals surface area contributed by atoms with Crippen molar-refractivity contribution in [1.82, 2.24) is 51.4 Å². The molecule has 57 heavy (non-hydrogen) atoms. The first-order valence-corrected chi connectivity index (χ1v) is 19.6. The van der Waals surface area contributed by atoms with Crippen molar-refractivity contribution in [2.45, 2.75) is 114 Å². The van der Waals surface area contributed by atoms with Crippen LogP contribution in [0, 0.1) is 5.92 Å². The summed E-state index contributed by atoms with van der Waals surface area (Å²) in [7, 11) is 0. The molecule has 0 spiro atoms. The standard InChI is InChI=1S/C39H55N11O7/c1-23(2)14-28(33(51)18-34(40)52)46-37(55)30(16-25-19-41-21-44-25)47-36(54)29(15-24-8-4-3-5-9-24)48-38(56)32-11-7-13-50(32)39(57)31(17-26-20-42-22-45-26)49-35(53)27-10-6-12-43-27/h3-5,8-9,19-23,27-33,43,51H,6-7,10-18H2,1-2H3,(H2,40,52)(H,41,44)(H,42,45)(H,46,55)(H,47,54)(H,48,56)(H,49,53)/t27-,28-,29-,30-,31-,32-,33-/m0/s1. The number of primary amides is 1. The van der Waals surface area contributed by atoms with Gasteiger partial charge in [-0.2, -0.15) is 0 Å².